The van der Waals surface area contributed by atoms with Crippen molar-refractivity contribution < 1.29 is 4.74 Å². The first kappa shape index (κ1) is 14.8. The molecule has 23 heavy (non-hydrogen) atoms. The molecule has 1 unspecified atom stereocenters. The third kappa shape index (κ3) is 2.66. The summed E-state index contributed by atoms with van der Waals surface area (Å²) in [5.41, 5.74) is 12.6. The van der Waals surface area contributed by atoms with Crippen LogP contribution in [-0.4, -0.2) is 12.6 Å². The molecule has 2 aromatic carbocycles. The van der Waals surface area contributed by atoms with Crippen LogP contribution in [0.3, 0.4) is 0 Å². The van der Waals surface area contributed by atoms with E-state index in [0.29, 0.717) is 6.54 Å². The van der Waals surface area contributed by atoms with Gasteiger partial charge < -0.3 is 10.5 Å². The average molecular weight is 307 g/mol. The molecule has 1 atom stereocenters. The van der Waals surface area contributed by atoms with Gasteiger partial charge in [-0.3, -0.25) is 0 Å². The highest BCUT2D eigenvalue weighted by atomic mass is 16.5. The second kappa shape index (κ2) is 6.01. The number of rotatable bonds is 3. The van der Waals surface area contributed by atoms with E-state index in [9.17, 15) is 0 Å². The largest absolute Gasteiger partial charge is 0.488 e. The Bertz CT molecular complexity index is 716. The molecule has 0 saturated heterocycles. The fraction of sp³-hybridized carbons (Fsp3) is 0.429. The van der Waals surface area contributed by atoms with Crippen molar-refractivity contribution in [3.05, 3.63) is 53.1 Å². The van der Waals surface area contributed by atoms with Gasteiger partial charge in [-0.1, -0.05) is 43.2 Å². The summed E-state index contributed by atoms with van der Waals surface area (Å²) in [5, 5.41) is 0. The zero-order valence-electron chi connectivity index (χ0n) is 13.8. The first-order valence-electron chi connectivity index (χ1n) is 8.86. The van der Waals surface area contributed by atoms with Gasteiger partial charge in [0.15, 0.2) is 0 Å². The van der Waals surface area contributed by atoms with Crippen LogP contribution >= 0.6 is 0 Å². The van der Waals surface area contributed by atoms with Crippen molar-refractivity contribution in [3.63, 3.8) is 0 Å². The highest BCUT2D eigenvalue weighted by Gasteiger charge is 2.28. The first-order chi connectivity index (χ1) is 11.3. The second-order valence-corrected chi connectivity index (χ2v) is 7.03. The van der Waals surface area contributed by atoms with Gasteiger partial charge in [-0.15, -0.1) is 0 Å². The number of ether oxygens (including phenoxy) is 1. The maximum atomic E-state index is 6.19. The Morgan fingerprint density at radius 3 is 2.61 bits per heavy atom. The van der Waals surface area contributed by atoms with Crippen molar-refractivity contribution in [3.8, 4) is 16.9 Å². The summed E-state index contributed by atoms with van der Waals surface area (Å²) in [6, 6.07) is 13.4. The van der Waals surface area contributed by atoms with Gasteiger partial charge in [-0.05, 0) is 54.0 Å². The van der Waals surface area contributed by atoms with Gasteiger partial charge in [0.05, 0.1) is 0 Å². The SMILES string of the molecule is Cc1ccccc1-c1cc(C2CCCC2)cc2c1OC(CN)C2. The van der Waals surface area contributed by atoms with E-state index in [1.807, 2.05) is 0 Å². The fourth-order valence-electron chi connectivity index (χ4n) is 4.16. The predicted molar refractivity (Wildman–Crippen MR) is 95.0 cm³/mol. The molecule has 0 bridgehead atoms. The van der Waals surface area contributed by atoms with Gasteiger partial charge in [-0.2, -0.15) is 0 Å². The zero-order chi connectivity index (χ0) is 15.8. The molecule has 2 N–H and O–H groups in total. The minimum Gasteiger partial charge on any atom is -0.488 e. The van der Waals surface area contributed by atoms with E-state index in [4.69, 9.17) is 10.5 Å². The minimum absolute atomic E-state index is 0.131. The van der Waals surface area contributed by atoms with E-state index in [1.165, 1.54) is 53.5 Å². The van der Waals surface area contributed by atoms with Crippen molar-refractivity contribution in [1.82, 2.24) is 0 Å². The van der Waals surface area contributed by atoms with Crippen LogP contribution in [0.2, 0.25) is 0 Å². The van der Waals surface area contributed by atoms with Gasteiger partial charge in [0.25, 0.3) is 0 Å². The zero-order valence-corrected chi connectivity index (χ0v) is 13.8. The van der Waals surface area contributed by atoms with Crippen molar-refractivity contribution in [2.45, 2.75) is 51.0 Å². The van der Waals surface area contributed by atoms with Gasteiger partial charge in [-0.25, -0.2) is 0 Å². The lowest BCUT2D eigenvalue weighted by molar-refractivity contribution is 0.242. The summed E-state index contributed by atoms with van der Waals surface area (Å²) in [6.45, 7) is 2.76. The van der Waals surface area contributed by atoms with Crippen LogP contribution in [0, 0.1) is 6.92 Å². The summed E-state index contributed by atoms with van der Waals surface area (Å²) < 4.78 is 6.19. The lowest BCUT2D eigenvalue weighted by atomic mass is 9.89. The Hall–Kier alpha value is -1.80. The molecule has 0 radical (unpaired) electrons. The van der Waals surface area contributed by atoms with E-state index >= 15 is 0 Å². The second-order valence-electron chi connectivity index (χ2n) is 7.03. The summed E-state index contributed by atoms with van der Waals surface area (Å²) in [4.78, 5) is 0. The molecule has 1 saturated carbocycles. The Kier molecular flexibility index (Phi) is 3.86. The molecular weight excluding hydrogens is 282 g/mol. The topological polar surface area (TPSA) is 35.2 Å². The average Bonchev–Trinajstić information content (AvgIpc) is 3.23. The standard InChI is InChI=1S/C21H25NO/c1-14-6-2-5-9-19(14)20-12-16(15-7-3-4-8-15)10-17-11-18(13-22)23-21(17)20/h2,5-6,9-10,12,15,18H,3-4,7-8,11,13,22H2,1H3. The Morgan fingerprint density at radius 1 is 1.09 bits per heavy atom. The normalized spacial score (nSPS) is 20.5. The molecule has 0 spiro atoms. The molecule has 2 heteroatoms. The third-order valence-electron chi connectivity index (χ3n) is 5.44. The minimum atomic E-state index is 0.131. The predicted octanol–water partition coefficient (Wildman–Crippen LogP) is 4.58. The summed E-state index contributed by atoms with van der Waals surface area (Å²) in [5.74, 6) is 1.79. The lowest BCUT2D eigenvalue weighted by Crippen LogP contribution is -2.24. The number of hydrogen-bond acceptors (Lipinski definition) is 2. The van der Waals surface area contributed by atoms with Crippen LogP contribution in [-0.2, 0) is 6.42 Å². The summed E-state index contributed by atoms with van der Waals surface area (Å²) in [6.07, 6.45) is 6.46. The van der Waals surface area contributed by atoms with E-state index in [1.54, 1.807) is 0 Å². The third-order valence-corrected chi connectivity index (χ3v) is 5.44. The highest BCUT2D eigenvalue weighted by Crippen LogP contribution is 2.44. The van der Waals surface area contributed by atoms with Crippen molar-refractivity contribution in [2.24, 2.45) is 5.73 Å². The van der Waals surface area contributed by atoms with Gasteiger partial charge in [0.1, 0.15) is 11.9 Å². The molecule has 120 valence electrons. The molecule has 2 aromatic rings. The monoisotopic (exact) mass is 307 g/mol. The van der Waals surface area contributed by atoms with Gasteiger partial charge >= 0.3 is 0 Å². The van der Waals surface area contributed by atoms with E-state index in [-0.39, 0.29) is 6.10 Å². The maximum Gasteiger partial charge on any atom is 0.130 e. The summed E-state index contributed by atoms with van der Waals surface area (Å²) in [7, 11) is 0. The molecule has 2 aliphatic rings. The van der Waals surface area contributed by atoms with Crippen LogP contribution in [0.25, 0.3) is 11.1 Å². The fourth-order valence-corrected chi connectivity index (χ4v) is 4.16. The van der Waals surface area contributed by atoms with Gasteiger partial charge in [0, 0.05) is 18.5 Å². The maximum absolute atomic E-state index is 6.19. The molecule has 0 aromatic heterocycles. The molecule has 1 fully saturated rings. The van der Waals surface area contributed by atoms with Crippen LogP contribution in [0.1, 0.15) is 48.3 Å². The summed E-state index contributed by atoms with van der Waals surface area (Å²) >= 11 is 0. The number of aryl methyl sites for hydroxylation is 1. The first-order valence-corrected chi connectivity index (χ1v) is 8.86. The molecule has 0 amide bonds. The van der Waals surface area contributed by atoms with Crippen LogP contribution in [0.4, 0.5) is 0 Å². The number of benzene rings is 2. The Morgan fingerprint density at radius 2 is 1.87 bits per heavy atom. The lowest BCUT2D eigenvalue weighted by Gasteiger charge is -2.17. The Balaban J connectivity index is 1.85. The van der Waals surface area contributed by atoms with Crippen molar-refractivity contribution in [2.75, 3.05) is 6.54 Å². The number of nitrogens with two attached hydrogens (primary N) is 1. The molecule has 4 rings (SSSR count). The Labute approximate surface area is 138 Å². The smallest absolute Gasteiger partial charge is 0.130 e. The van der Waals surface area contributed by atoms with Crippen molar-refractivity contribution in [1.29, 1.82) is 0 Å². The molecule has 1 aliphatic heterocycles. The quantitative estimate of drug-likeness (QED) is 0.900. The molecule has 1 aliphatic carbocycles. The van der Waals surface area contributed by atoms with E-state index in [0.717, 1.165) is 18.1 Å². The van der Waals surface area contributed by atoms with Crippen LogP contribution < -0.4 is 10.5 Å². The molecule has 1 heterocycles. The van der Waals surface area contributed by atoms with Crippen LogP contribution in [0.15, 0.2) is 36.4 Å². The number of fused-ring (bicyclic) bond motifs is 1. The van der Waals surface area contributed by atoms with E-state index in [2.05, 4.69) is 43.3 Å². The molecule has 2 nitrogen and oxygen atoms in total. The number of hydrogen-bond donors (Lipinski definition) is 1. The van der Waals surface area contributed by atoms with Gasteiger partial charge in [0.2, 0.25) is 0 Å². The van der Waals surface area contributed by atoms with Crippen LogP contribution in [0.5, 0.6) is 5.75 Å². The molecular formula is C21H25NO. The van der Waals surface area contributed by atoms with E-state index < -0.39 is 0 Å². The van der Waals surface area contributed by atoms with Crippen molar-refractivity contribution >= 4 is 0 Å². The highest BCUT2D eigenvalue weighted by molar-refractivity contribution is 5.76.